The fourth-order valence-electron chi connectivity index (χ4n) is 0.476. The molecule has 0 aromatic heterocycles. The van der Waals surface area contributed by atoms with Gasteiger partial charge in [-0.3, -0.25) is 0 Å². The van der Waals surface area contributed by atoms with Gasteiger partial charge in [0.15, 0.2) is 0 Å². The predicted octanol–water partition coefficient (Wildman–Crippen LogP) is -0.784. The molecule has 7 heavy (non-hydrogen) atoms. The van der Waals surface area contributed by atoms with Crippen LogP contribution in [0.2, 0.25) is 0 Å². The Bertz CT molecular complexity index is 81.7. The van der Waals surface area contributed by atoms with Crippen molar-refractivity contribution in [2.45, 2.75) is 13.0 Å². The van der Waals surface area contributed by atoms with Crippen LogP contribution in [0.5, 0.6) is 0 Å². The zero-order valence-electron chi connectivity index (χ0n) is 4.05. The molecule has 0 amide bonds. The van der Waals surface area contributed by atoms with Crippen molar-refractivity contribution >= 4 is 0 Å². The maximum absolute atomic E-state index is 10.1. The van der Waals surface area contributed by atoms with Gasteiger partial charge in [0.05, 0.1) is 0 Å². The summed E-state index contributed by atoms with van der Waals surface area (Å²) in [6.07, 6.45) is 3.15. The lowest BCUT2D eigenvalue weighted by Gasteiger charge is -2.09. The highest BCUT2D eigenvalue weighted by molar-refractivity contribution is 4.81. The van der Waals surface area contributed by atoms with Gasteiger partial charge in [-0.1, -0.05) is 0 Å². The van der Waals surface area contributed by atoms with Crippen molar-refractivity contribution in [2.24, 2.45) is 0 Å². The van der Waals surface area contributed by atoms with Gasteiger partial charge < -0.3 is 5.21 Å². The van der Waals surface area contributed by atoms with Gasteiger partial charge in [-0.15, -0.1) is 0 Å². The second kappa shape index (κ2) is 1.61. The molecule has 0 aromatic carbocycles. The Morgan fingerprint density at radius 1 is 1.86 bits per heavy atom. The Hall–Kier alpha value is -0.380. The molecule has 0 fully saturated rings. The molecule has 0 radical (unpaired) electrons. The van der Waals surface area contributed by atoms with E-state index in [1.165, 1.54) is 6.20 Å². The molecule has 1 N–H and O–H groups in total. The summed E-state index contributed by atoms with van der Waals surface area (Å²) in [5.74, 6) is 0. The molecule has 2 unspecified atom stereocenters. The lowest BCUT2D eigenvalue weighted by atomic mass is 10.4. The average molecular weight is 101 g/mol. The second-order valence-corrected chi connectivity index (χ2v) is 1.50. The van der Waals surface area contributed by atoms with Crippen LogP contribution in [-0.4, -0.2) is 6.10 Å². The van der Waals surface area contributed by atoms with Gasteiger partial charge in [-0.2, -0.15) is 10.1 Å². The van der Waals surface area contributed by atoms with Crippen LogP contribution in [0.1, 0.15) is 6.92 Å². The van der Waals surface area contributed by atoms with Crippen LogP contribution in [-0.2, 0) is 4.84 Å². The zero-order chi connectivity index (χ0) is 5.28. The van der Waals surface area contributed by atoms with Crippen molar-refractivity contribution in [3.63, 3.8) is 0 Å². The second-order valence-electron chi connectivity index (χ2n) is 1.50. The molecule has 2 atom stereocenters. The van der Waals surface area contributed by atoms with E-state index in [2.05, 4.69) is 4.84 Å². The van der Waals surface area contributed by atoms with Gasteiger partial charge in [-0.25, -0.2) is 0 Å². The molecular formula is C4H7NO2. The quantitative estimate of drug-likeness (QED) is 0.406. The van der Waals surface area contributed by atoms with E-state index in [1.807, 2.05) is 6.92 Å². The minimum absolute atomic E-state index is 0.00694. The molecule has 0 aromatic rings. The smallest absolute Gasteiger partial charge is 0.138 e. The molecule has 1 aliphatic heterocycles. The Morgan fingerprint density at radius 3 is 2.71 bits per heavy atom. The summed E-state index contributed by atoms with van der Waals surface area (Å²) < 4.78 is 0. The summed E-state index contributed by atoms with van der Waals surface area (Å²) in [6.45, 7) is 1.82. The van der Waals surface area contributed by atoms with E-state index in [-0.39, 0.29) is 11.3 Å². The third-order valence-electron chi connectivity index (χ3n) is 0.805. The van der Waals surface area contributed by atoms with Gasteiger partial charge in [0, 0.05) is 6.08 Å². The van der Waals surface area contributed by atoms with Gasteiger partial charge in [-0.05, 0) is 6.92 Å². The first-order valence-electron chi connectivity index (χ1n) is 2.18. The van der Waals surface area contributed by atoms with Crippen LogP contribution in [0.3, 0.4) is 0 Å². The fourth-order valence-corrected chi connectivity index (χ4v) is 0.476. The maximum atomic E-state index is 10.1. The molecule has 0 bridgehead atoms. The number of rotatable bonds is 0. The molecule has 0 spiro atoms. The SMILES string of the molecule is CC1C=C[NH+]([O-])O1. The summed E-state index contributed by atoms with van der Waals surface area (Å²) >= 11 is 0. The number of quaternary nitrogens is 1. The van der Waals surface area contributed by atoms with Gasteiger partial charge in [0.1, 0.15) is 12.3 Å². The summed E-state index contributed by atoms with van der Waals surface area (Å²) in [5.41, 5.74) is 0. The van der Waals surface area contributed by atoms with Gasteiger partial charge in [0.25, 0.3) is 0 Å². The number of hydroxylamine groups is 2. The van der Waals surface area contributed by atoms with Crippen LogP contribution in [0.25, 0.3) is 0 Å². The van der Waals surface area contributed by atoms with Crippen molar-refractivity contribution in [3.05, 3.63) is 17.5 Å². The molecule has 3 nitrogen and oxygen atoms in total. The Labute approximate surface area is 41.7 Å². The molecule has 40 valence electrons. The molecule has 0 saturated carbocycles. The van der Waals surface area contributed by atoms with E-state index in [1.54, 1.807) is 6.08 Å². The first-order chi connectivity index (χ1) is 3.29. The Kier molecular flexibility index (Phi) is 1.10. The molecule has 3 heteroatoms. The van der Waals surface area contributed by atoms with Crippen LogP contribution in [0.15, 0.2) is 12.3 Å². The van der Waals surface area contributed by atoms with Crippen molar-refractivity contribution < 1.29 is 10.1 Å². The van der Waals surface area contributed by atoms with Crippen LogP contribution in [0, 0.1) is 5.21 Å². The van der Waals surface area contributed by atoms with Crippen molar-refractivity contribution in [1.29, 1.82) is 0 Å². The lowest BCUT2D eigenvalue weighted by Crippen LogP contribution is -2.99. The Morgan fingerprint density at radius 2 is 2.57 bits per heavy atom. The average Bonchev–Trinajstić information content (AvgIpc) is 1.87. The van der Waals surface area contributed by atoms with E-state index in [4.69, 9.17) is 0 Å². The fraction of sp³-hybridized carbons (Fsp3) is 0.500. The Balaban J connectivity index is 2.42. The summed E-state index contributed by atoms with van der Waals surface area (Å²) in [6, 6.07) is 0. The van der Waals surface area contributed by atoms with E-state index in [0.29, 0.717) is 0 Å². The third kappa shape index (κ3) is 0.991. The zero-order valence-corrected chi connectivity index (χ0v) is 4.05. The molecule has 0 saturated heterocycles. The molecule has 1 heterocycles. The number of hydrogen-bond acceptors (Lipinski definition) is 2. The van der Waals surface area contributed by atoms with Crippen LogP contribution in [0.4, 0.5) is 0 Å². The van der Waals surface area contributed by atoms with E-state index in [0.717, 1.165) is 0 Å². The lowest BCUT2D eigenvalue weighted by molar-refractivity contribution is -1.00. The third-order valence-corrected chi connectivity index (χ3v) is 0.805. The van der Waals surface area contributed by atoms with Crippen LogP contribution < -0.4 is 5.23 Å². The van der Waals surface area contributed by atoms with Crippen LogP contribution >= 0.6 is 0 Å². The van der Waals surface area contributed by atoms with E-state index in [9.17, 15) is 5.21 Å². The minimum atomic E-state index is -0.229. The largest absolute Gasteiger partial charge is 0.595 e. The standard InChI is InChI=1S/C4H7NO2/c1-4-2-3-5(6)7-4/h2-5H,1H3. The van der Waals surface area contributed by atoms with E-state index >= 15 is 0 Å². The topological polar surface area (TPSA) is 36.7 Å². The van der Waals surface area contributed by atoms with Crippen molar-refractivity contribution in [2.75, 3.05) is 0 Å². The summed E-state index contributed by atoms with van der Waals surface area (Å²) in [4.78, 5) is 4.61. The maximum Gasteiger partial charge on any atom is 0.138 e. The number of hydrogen-bond donors (Lipinski definition) is 1. The normalized spacial score (nSPS) is 39.7. The first-order valence-corrected chi connectivity index (χ1v) is 2.18. The van der Waals surface area contributed by atoms with Gasteiger partial charge >= 0.3 is 0 Å². The van der Waals surface area contributed by atoms with Crippen molar-refractivity contribution in [3.8, 4) is 0 Å². The predicted molar refractivity (Wildman–Crippen MR) is 24.0 cm³/mol. The molecule has 0 aliphatic carbocycles. The molecular weight excluding hydrogens is 94.0 g/mol. The highest BCUT2D eigenvalue weighted by Gasteiger charge is 2.08. The van der Waals surface area contributed by atoms with Gasteiger partial charge in [0.2, 0.25) is 0 Å². The minimum Gasteiger partial charge on any atom is -0.595 e. The highest BCUT2D eigenvalue weighted by atomic mass is 16.9. The first kappa shape index (κ1) is 4.77. The number of nitrogens with one attached hydrogen (secondary N) is 1. The van der Waals surface area contributed by atoms with E-state index < -0.39 is 0 Å². The molecule has 1 rings (SSSR count). The highest BCUT2D eigenvalue weighted by Crippen LogP contribution is 1.89. The monoisotopic (exact) mass is 101 g/mol. The summed E-state index contributed by atoms with van der Waals surface area (Å²) in [7, 11) is 0. The molecule has 1 aliphatic rings. The summed E-state index contributed by atoms with van der Waals surface area (Å²) in [5, 5.41) is 9.92. The van der Waals surface area contributed by atoms with Crippen molar-refractivity contribution in [1.82, 2.24) is 0 Å².